The molecule has 1 aromatic carbocycles. The van der Waals surface area contributed by atoms with E-state index in [-0.39, 0.29) is 0 Å². The molecule has 0 aliphatic carbocycles. The van der Waals surface area contributed by atoms with Gasteiger partial charge in [-0.25, -0.2) is 0 Å². The maximum Gasteiger partial charge on any atom is 0.151 e. The van der Waals surface area contributed by atoms with Crippen molar-refractivity contribution in [2.45, 2.75) is 25.9 Å². The molecule has 2 atom stereocenters. The van der Waals surface area contributed by atoms with Gasteiger partial charge in [-0.2, -0.15) is 0 Å². The first-order valence-electron chi connectivity index (χ1n) is 6.24. The van der Waals surface area contributed by atoms with Gasteiger partial charge in [0.2, 0.25) is 0 Å². The highest BCUT2D eigenvalue weighted by atomic mass is 79.9. The van der Waals surface area contributed by atoms with Crippen LogP contribution in [-0.2, 0) is 0 Å². The number of carbonyl (C=O) groups is 1. The predicted molar refractivity (Wildman–Crippen MR) is 78.4 cm³/mol. The summed E-state index contributed by atoms with van der Waals surface area (Å²) >= 11 is 3.45. The van der Waals surface area contributed by atoms with Gasteiger partial charge in [0.1, 0.15) is 0 Å². The normalized spacial score (nSPS) is 25.2. The first-order chi connectivity index (χ1) is 8.52. The topological polar surface area (TPSA) is 23.6 Å². The lowest BCUT2D eigenvalue weighted by Gasteiger charge is -2.43. The number of nitrogens with zero attached hydrogens (tertiary/aromatic N) is 2. The fraction of sp³-hybridized carbons (Fsp3) is 0.500. The second-order valence-corrected chi connectivity index (χ2v) is 5.95. The van der Waals surface area contributed by atoms with E-state index in [0.29, 0.717) is 17.6 Å². The van der Waals surface area contributed by atoms with Crippen molar-refractivity contribution < 1.29 is 4.79 Å². The van der Waals surface area contributed by atoms with Crippen LogP contribution in [0, 0.1) is 0 Å². The molecule has 2 unspecified atom stereocenters. The third kappa shape index (κ3) is 2.59. The van der Waals surface area contributed by atoms with Crippen LogP contribution in [0.15, 0.2) is 22.7 Å². The lowest BCUT2D eigenvalue weighted by molar-refractivity contribution is 0.112. The van der Waals surface area contributed by atoms with Crippen molar-refractivity contribution in [3.8, 4) is 0 Å². The maximum atomic E-state index is 10.8. The monoisotopic (exact) mass is 310 g/mol. The van der Waals surface area contributed by atoms with E-state index in [1.54, 1.807) is 0 Å². The molecule has 3 nitrogen and oxygen atoms in total. The Labute approximate surface area is 117 Å². The summed E-state index contributed by atoms with van der Waals surface area (Å²) in [5.74, 6) is 0. The van der Waals surface area contributed by atoms with Crippen molar-refractivity contribution >= 4 is 27.9 Å². The second-order valence-electron chi connectivity index (χ2n) is 5.09. The Morgan fingerprint density at radius 1 is 1.28 bits per heavy atom. The zero-order valence-corrected chi connectivity index (χ0v) is 12.6. The highest BCUT2D eigenvalue weighted by Crippen LogP contribution is 2.26. The highest BCUT2D eigenvalue weighted by molar-refractivity contribution is 9.10. The van der Waals surface area contributed by atoms with Gasteiger partial charge in [-0.1, -0.05) is 0 Å². The summed E-state index contributed by atoms with van der Waals surface area (Å²) in [5.41, 5.74) is 1.88. The van der Waals surface area contributed by atoms with Crippen molar-refractivity contribution in [3.63, 3.8) is 0 Å². The van der Waals surface area contributed by atoms with E-state index in [9.17, 15) is 4.79 Å². The Morgan fingerprint density at radius 2 is 1.89 bits per heavy atom. The van der Waals surface area contributed by atoms with Crippen LogP contribution in [0.3, 0.4) is 0 Å². The summed E-state index contributed by atoms with van der Waals surface area (Å²) < 4.78 is 0.870. The first kappa shape index (κ1) is 13.6. The molecule has 1 aliphatic heterocycles. The van der Waals surface area contributed by atoms with Gasteiger partial charge in [0, 0.05) is 40.9 Å². The van der Waals surface area contributed by atoms with Crippen molar-refractivity contribution in [3.05, 3.63) is 28.2 Å². The molecule has 18 heavy (non-hydrogen) atoms. The van der Waals surface area contributed by atoms with Gasteiger partial charge >= 0.3 is 0 Å². The largest absolute Gasteiger partial charge is 0.368 e. The molecule has 0 radical (unpaired) electrons. The van der Waals surface area contributed by atoms with E-state index < -0.39 is 0 Å². The van der Waals surface area contributed by atoms with E-state index in [0.717, 1.165) is 23.8 Å². The van der Waals surface area contributed by atoms with E-state index in [2.05, 4.69) is 46.6 Å². The summed E-state index contributed by atoms with van der Waals surface area (Å²) in [5, 5.41) is 0. The molecule has 2 rings (SSSR count). The van der Waals surface area contributed by atoms with Crippen LogP contribution in [0.5, 0.6) is 0 Å². The quantitative estimate of drug-likeness (QED) is 0.785. The second kappa shape index (κ2) is 5.41. The fourth-order valence-electron chi connectivity index (χ4n) is 2.42. The lowest BCUT2D eigenvalue weighted by Crippen LogP contribution is -2.55. The SMILES string of the molecule is CC1CN(c2ccc(C=O)c(Br)c2)CC(C)N1C. The summed E-state index contributed by atoms with van der Waals surface area (Å²) in [7, 11) is 2.18. The van der Waals surface area contributed by atoms with E-state index in [1.165, 1.54) is 5.69 Å². The number of carbonyl (C=O) groups excluding carboxylic acids is 1. The molecule has 0 amide bonds. The minimum atomic E-state index is 0.540. The Hall–Kier alpha value is -0.870. The standard InChI is InChI=1S/C14H19BrN2O/c1-10-7-17(8-11(2)16(10)3)13-5-4-12(9-18)14(15)6-13/h4-6,9-11H,7-8H2,1-3H3. The molecular weight excluding hydrogens is 292 g/mol. The number of piperazine rings is 1. The van der Waals surface area contributed by atoms with Gasteiger partial charge in [0.05, 0.1) is 0 Å². The summed E-state index contributed by atoms with van der Waals surface area (Å²) in [6.45, 7) is 6.54. The third-order valence-corrected chi connectivity index (χ3v) is 4.52. The van der Waals surface area contributed by atoms with Gasteiger partial charge in [0.15, 0.2) is 6.29 Å². The molecule has 0 aromatic heterocycles. The molecule has 1 saturated heterocycles. The van der Waals surface area contributed by atoms with Gasteiger partial charge in [-0.3, -0.25) is 9.69 Å². The number of hydrogen-bond acceptors (Lipinski definition) is 3. The molecule has 0 bridgehead atoms. The minimum absolute atomic E-state index is 0.540. The molecule has 0 spiro atoms. The van der Waals surface area contributed by atoms with Crippen LogP contribution in [0.2, 0.25) is 0 Å². The number of rotatable bonds is 2. The first-order valence-corrected chi connectivity index (χ1v) is 7.04. The molecule has 0 saturated carbocycles. The molecule has 1 heterocycles. The molecule has 0 N–H and O–H groups in total. The van der Waals surface area contributed by atoms with Crippen LogP contribution < -0.4 is 4.90 Å². The highest BCUT2D eigenvalue weighted by Gasteiger charge is 2.26. The average molecular weight is 311 g/mol. The number of benzene rings is 1. The minimum Gasteiger partial charge on any atom is -0.368 e. The predicted octanol–water partition coefficient (Wildman–Crippen LogP) is 2.79. The van der Waals surface area contributed by atoms with Crippen molar-refractivity contribution in [2.75, 3.05) is 25.0 Å². The van der Waals surface area contributed by atoms with Crippen LogP contribution >= 0.6 is 15.9 Å². The van der Waals surface area contributed by atoms with Crippen LogP contribution in [-0.4, -0.2) is 43.4 Å². The molecule has 98 valence electrons. The van der Waals surface area contributed by atoms with Gasteiger partial charge in [-0.05, 0) is 55.0 Å². The number of likely N-dealkylation sites (N-methyl/N-ethyl adjacent to an activating group) is 1. The zero-order chi connectivity index (χ0) is 13.3. The molecule has 1 aromatic rings. The Bertz CT molecular complexity index is 437. The summed E-state index contributed by atoms with van der Waals surface area (Å²) in [6.07, 6.45) is 0.878. The summed E-state index contributed by atoms with van der Waals surface area (Å²) in [4.78, 5) is 15.6. The van der Waals surface area contributed by atoms with Crippen LogP contribution in [0.1, 0.15) is 24.2 Å². The van der Waals surface area contributed by atoms with Crippen LogP contribution in [0.25, 0.3) is 0 Å². The number of aldehydes is 1. The van der Waals surface area contributed by atoms with E-state index in [1.807, 2.05) is 18.2 Å². The Morgan fingerprint density at radius 3 is 2.39 bits per heavy atom. The maximum absolute atomic E-state index is 10.8. The number of anilines is 1. The fourth-order valence-corrected chi connectivity index (χ4v) is 2.88. The van der Waals surface area contributed by atoms with E-state index >= 15 is 0 Å². The van der Waals surface area contributed by atoms with E-state index in [4.69, 9.17) is 0 Å². The Balaban J connectivity index is 2.22. The van der Waals surface area contributed by atoms with Crippen molar-refractivity contribution in [1.29, 1.82) is 0 Å². The smallest absolute Gasteiger partial charge is 0.151 e. The third-order valence-electron chi connectivity index (χ3n) is 3.84. The van der Waals surface area contributed by atoms with Crippen LogP contribution in [0.4, 0.5) is 5.69 Å². The number of halogens is 1. The number of hydrogen-bond donors (Lipinski definition) is 0. The lowest BCUT2D eigenvalue weighted by atomic mass is 10.1. The van der Waals surface area contributed by atoms with Crippen molar-refractivity contribution in [2.24, 2.45) is 0 Å². The Kier molecular flexibility index (Phi) is 4.07. The zero-order valence-electron chi connectivity index (χ0n) is 11.1. The average Bonchev–Trinajstić information content (AvgIpc) is 2.35. The van der Waals surface area contributed by atoms with Gasteiger partial charge in [0.25, 0.3) is 0 Å². The molecule has 1 fully saturated rings. The van der Waals surface area contributed by atoms with Crippen molar-refractivity contribution in [1.82, 2.24) is 4.90 Å². The summed E-state index contributed by atoms with van der Waals surface area (Å²) in [6, 6.07) is 7.02. The molecule has 4 heteroatoms. The molecular formula is C14H19BrN2O. The molecule has 1 aliphatic rings. The van der Waals surface area contributed by atoms with Gasteiger partial charge < -0.3 is 4.90 Å². The van der Waals surface area contributed by atoms with Gasteiger partial charge in [-0.15, -0.1) is 0 Å².